The molecule has 0 aromatic heterocycles. The van der Waals surface area contributed by atoms with Crippen LogP contribution >= 0.6 is 0 Å². The van der Waals surface area contributed by atoms with Gasteiger partial charge in [-0.15, -0.1) is 0 Å². The molecule has 1 atom stereocenters. The lowest BCUT2D eigenvalue weighted by molar-refractivity contribution is -0.129. The molecule has 3 aromatic carbocycles. The van der Waals surface area contributed by atoms with E-state index in [0.717, 1.165) is 22.4 Å². The first-order chi connectivity index (χ1) is 13.2. The van der Waals surface area contributed by atoms with Crippen LogP contribution in [0.2, 0.25) is 0 Å². The van der Waals surface area contributed by atoms with Crippen LogP contribution in [0.3, 0.4) is 0 Å². The molecule has 4 heteroatoms. The Labute approximate surface area is 159 Å². The number of aliphatic hydroxyl groups excluding tert-OH is 1. The molecule has 3 aromatic rings. The van der Waals surface area contributed by atoms with Crippen LogP contribution in [0.25, 0.3) is 11.1 Å². The first-order valence-electron chi connectivity index (χ1n) is 8.94. The Kier molecular flexibility index (Phi) is 6.13. The van der Waals surface area contributed by atoms with Gasteiger partial charge in [0, 0.05) is 0 Å². The lowest BCUT2D eigenvalue weighted by atomic mass is 10.0. The molecule has 0 fully saturated rings. The number of nitrogens with one attached hydrogen (secondary N) is 1. The standard InChI is InChI=1S/C23H22N2O2/c1-2-21(24-25-23(27)22(26)20-11-7-4-8-12-20)19-15-13-18(14-16-19)17-9-5-3-6-10-17/h3-16,22,26H,2H2,1H3,(H,25,27). The number of hydrogen-bond donors (Lipinski definition) is 2. The van der Waals surface area contributed by atoms with Crippen molar-refractivity contribution in [3.63, 3.8) is 0 Å². The minimum Gasteiger partial charge on any atom is -0.378 e. The SMILES string of the molecule is CCC(=NNC(=O)C(O)c1ccccc1)c1ccc(-c2ccccc2)cc1. The van der Waals surface area contributed by atoms with Crippen molar-refractivity contribution in [2.24, 2.45) is 5.10 Å². The first-order valence-corrected chi connectivity index (χ1v) is 8.94. The summed E-state index contributed by atoms with van der Waals surface area (Å²) in [5.41, 5.74) is 6.98. The van der Waals surface area contributed by atoms with Gasteiger partial charge in [-0.05, 0) is 28.7 Å². The Morgan fingerprint density at radius 2 is 1.44 bits per heavy atom. The normalized spacial score (nSPS) is 12.4. The second-order valence-corrected chi connectivity index (χ2v) is 6.14. The fraction of sp³-hybridized carbons (Fsp3) is 0.130. The topological polar surface area (TPSA) is 61.7 Å². The molecular weight excluding hydrogens is 336 g/mol. The maximum Gasteiger partial charge on any atom is 0.273 e. The van der Waals surface area contributed by atoms with Gasteiger partial charge in [-0.2, -0.15) is 5.10 Å². The van der Waals surface area contributed by atoms with Crippen LogP contribution in [0.15, 0.2) is 90.0 Å². The molecule has 1 unspecified atom stereocenters. The van der Waals surface area contributed by atoms with Crippen molar-refractivity contribution in [2.75, 3.05) is 0 Å². The van der Waals surface area contributed by atoms with Crippen LogP contribution in [0.4, 0.5) is 0 Å². The van der Waals surface area contributed by atoms with Crippen molar-refractivity contribution in [1.29, 1.82) is 0 Å². The Morgan fingerprint density at radius 1 is 0.889 bits per heavy atom. The molecule has 136 valence electrons. The number of hydrazone groups is 1. The summed E-state index contributed by atoms with van der Waals surface area (Å²) >= 11 is 0. The van der Waals surface area contributed by atoms with Crippen molar-refractivity contribution in [2.45, 2.75) is 19.4 Å². The van der Waals surface area contributed by atoms with E-state index in [1.54, 1.807) is 24.3 Å². The maximum absolute atomic E-state index is 12.2. The number of amides is 1. The third-order valence-electron chi connectivity index (χ3n) is 4.32. The van der Waals surface area contributed by atoms with Gasteiger partial charge in [0.2, 0.25) is 0 Å². The molecule has 0 saturated carbocycles. The highest BCUT2D eigenvalue weighted by Gasteiger charge is 2.16. The molecule has 2 N–H and O–H groups in total. The van der Waals surface area contributed by atoms with Gasteiger partial charge < -0.3 is 5.11 Å². The third-order valence-corrected chi connectivity index (χ3v) is 4.32. The van der Waals surface area contributed by atoms with E-state index in [9.17, 15) is 9.90 Å². The Hall–Kier alpha value is -3.24. The lowest BCUT2D eigenvalue weighted by Gasteiger charge is -2.10. The predicted octanol–water partition coefficient (Wildman–Crippen LogP) is 4.32. The van der Waals surface area contributed by atoms with Gasteiger partial charge in [0.1, 0.15) is 0 Å². The number of carbonyl (C=O) groups excluding carboxylic acids is 1. The van der Waals surface area contributed by atoms with Crippen LogP contribution in [-0.2, 0) is 4.79 Å². The number of hydrogen-bond acceptors (Lipinski definition) is 3. The molecular formula is C23H22N2O2. The molecule has 0 aliphatic carbocycles. The average Bonchev–Trinajstić information content (AvgIpc) is 2.75. The molecule has 27 heavy (non-hydrogen) atoms. The van der Waals surface area contributed by atoms with Crippen LogP contribution in [0.5, 0.6) is 0 Å². The molecule has 0 aliphatic heterocycles. The maximum atomic E-state index is 12.2. The van der Waals surface area contributed by atoms with E-state index < -0.39 is 12.0 Å². The average molecular weight is 358 g/mol. The zero-order chi connectivity index (χ0) is 19.1. The second-order valence-electron chi connectivity index (χ2n) is 6.14. The first kappa shape index (κ1) is 18.5. The summed E-state index contributed by atoms with van der Waals surface area (Å²) < 4.78 is 0. The largest absolute Gasteiger partial charge is 0.378 e. The number of carbonyl (C=O) groups is 1. The summed E-state index contributed by atoms with van der Waals surface area (Å²) in [6.45, 7) is 1.98. The van der Waals surface area contributed by atoms with Crippen molar-refractivity contribution in [3.05, 3.63) is 96.1 Å². The van der Waals surface area contributed by atoms with Crippen LogP contribution in [0, 0.1) is 0 Å². The number of nitrogens with zero attached hydrogens (tertiary/aromatic N) is 1. The van der Waals surface area contributed by atoms with E-state index in [0.29, 0.717) is 12.0 Å². The molecule has 0 saturated heterocycles. The highest BCUT2D eigenvalue weighted by molar-refractivity contribution is 6.01. The molecule has 3 rings (SSSR count). The molecule has 0 heterocycles. The monoisotopic (exact) mass is 358 g/mol. The van der Waals surface area contributed by atoms with Gasteiger partial charge >= 0.3 is 0 Å². The summed E-state index contributed by atoms with van der Waals surface area (Å²) in [5.74, 6) is -0.548. The van der Waals surface area contributed by atoms with Gasteiger partial charge in [0.25, 0.3) is 5.91 Å². The van der Waals surface area contributed by atoms with Crippen molar-refractivity contribution in [1.82, 2.24) is 5.43 Å². The number of benzene rings is 3. The number of rotatable bonds is 6. The Balaban J connectivity index is 1.71. The quantitative estimate of drug-likeness (QED) is 0.509. The summed E-state index contributed by atoms with van der Waals surface area (Å²) in [5, 5.41) is 14.3. The van der Waals surface area contributed by atoms with Crippen molar-refractivity contribution < 1.29 is 9.90 Å². The Bertz CT molecular complexity index is 904. The zero-order valence-electron chi connectivity index (χ0n) is 15.2. The highest BCUT2D eigenvalue weighted by Crippen LogP contribution is 2.20. The second kappa shape index (κ2) is 8.92. The van der Waals surface area contributed by atoms with Crippen LogP contribution < -0.4 is 5.43 Å². The fourth-order valence-corrected chi connectivity index (χ4v) is 2.80. The summed E-state index contributed by atoms with van der Waals surface area (Å²) in [4.78, 5) is 12.2. The molecule has 1 amide bonds. The molecule has 0 radical (unpaired) electrons. The molecule has 0 bridgehead atoms. The summed E-state index contributed by atoms with van der Waals surface area (Å²) in [6.07, 6.45) is -0.583. The summed E-state index contributed by atoms with van der Waals surface area (Å²) in [6, 6.07) is 27.0. The van der Waals surface area contributed by atoms with Gasteiger partial charge in [0.05, 0.1) is 5.71 Å². The number of aliphatic hydroxyl groups is 1. The van der Waals surface area contributed by atoms with Crippen molar-refractivity contribution in [3.8, 4) is 11.1 Å². The molecule has 0 spiro atoms. The minimum atomic E-state index is -1.24. The van der Waals surface area contributed by atoms with Crippen molar-refractivity contribution >= 4 is 11.6 Å². The zero-order valence-corrected chi connectivity index (χ0v) is 15.2. The fourth-order valence-electron chi connectivity index (χ4n) is 2.80. The summed E-state index contributed by atoms with van der Waals surface area (Å²) in [7, 11) is 0. The van der Waals surface area contributed by atoms with E-state index in [1.165, 1.54) is 0 Å². The lowest BCUT2D eigenvalue weighted by Crippen LogP contribution is -2.26. The van der Waals surface area contributed by atoms with Crippen LogP contribution in [-0.4, -0.2) is 16.7 Å². The van der Waals surface area contributed by atoms with Gasteiger partial charge in [0.15, 0.2) is 6.10 Å². The van der Waals surface area contributed by atoms with E-state index in [4.69, 9.17) is 0 Å². The van der Waals surface area contributed by atoms with Gasteiger partial charge in [-0.25, -0.2) is 5.43 Å². The third kappa shape index (κ3) is 4.68. The van der Waals surface area contributed by atoms with E-state index in [2.05, 4.69) is 22.7 Å². The molecule has 4 nitrogen and oxygen atoms in total. The molecule has 0 aliphatic rings. The van der Waals surface area contributed by atoms with E-state index >= 15 is 0 Å². The highest BCUT2D eigenvalue weighted by atomic mass is 16.3. The van der Waals surface area contributed by atoms with Gasteiger partial charge in [-0.3, -0.25) is 4.79 Å². The van der Waals surface area contributed by atoms with E-state index in [-0.39, 0.29) is 0 Å². The Morgan fingerprint density at radius 3 is 2.04 bits per heavy atom. The minimum absolute atomic E-state index is 0.537. The van der Waals surface area contributed by atoms with E-state index in [1.807, 2.05) is 55.5 Å². The smallest absolute Gasteiger partial charge is 0.273 e. The van der Waals surface area contributed by atoms with Crippen LogP contribution in [0.1, 0.15) is 30.6 Å². The van der Waals surface area contributed by atoms with Gasteiger partial charge in [-0.1, -0.05) is 91.9 Å². The predicted molar refractivity (Wildman–Crippen MR) is 108 cm³/mol.